The van der Waals surface area contributed by atoms with E-state index in [9.17, 15) is 18.8 Å². The van der Waals surface area contributed by atoms with Gasteiger partial charge in [-0.15, -0.1) is 0 Å². The largest absolute Gasteiger partial charge is 0.457 e. The number of pyridine rings is 1. The number of rotatable bonds is 7. The summed E-state index contributed by atoms with van der Waals surface area (Å²) >= 11 is 0. The summed E-state index contributed by atoms with van der Waals surface area (Å²) in [7, 11) is 1.48. The molecule has 0 radical (unpaired) electrons. The summed E-state index contributed by atoms with van der Waals surface area (Å²) < 4.78 is 22.1. The van der Waals surface area contributed by atoms with Crippen LogP contribution in [0.5, 0.6) is 11.5 Å². The molecule has 0 atom stereocenters. The van der Waals surface area contributed by atoms with Crippen LogP contribution in [0.2, 0.25) is 0 Å². The van der Waals surface area contributed by atoms with Crippen LogP contribution >= 0.6 is 0 Å². The Kier molecular flexibility index (Phi) is 7.94. The number of carbonyl (C=O) groups is 3. The number of hydrogen-bond donors (Lipinski definition) is 3. The van der Waals surface area contributed by atoms with Gasteiger partial charge in [-0.1, -0.05) is 32.9 Å². The fourth-order valence-corrected chi connectivity index (χ4v) is 3.68. The molecule has 4 aromatic rings. The van der Waals surface area contributed by atoms with E-state index in [4.69, 9.17) is 4.74 Å². The molecular weight excluding hydrogens is 515 g/mol. The first-order chi connectivity index (χ1) is 18.9. The minimum Gasteiger partial charge on any atom is -0.457 e. The highest BCUT2D eigenvalue weighted by Crippen LogP contribution is 2.28. The van der Waals surface area contributed by atoms with Gasteiger partial charge < -0.3 is 15.4 Å². The maximum absolute atomic E-state index is 14.9. The number of aromatic nitrogens is 3. The van der Waals surface area contributed by atoms with Gasteiger partial charge in [-0.2, -0.15) is 5.10 Å². The molecule has 2 aromatic carbocycles. The van der Waals surface area contributed by atoms with E-state index in [1.165, 1.54) is 49.1 Å². The molecular formula is C29H29FN6O4. The summed E-state index contributed by atoms with van der Waals surface area (Å²) in [6, 6.07) is 14.8. The second-order valence-corrected chi connectivity index (χ2v) is 9.96. The number of Topliss-reactive ketones (excluding diaryl/α,β-unsaturated/α-hetero) is 1. The number of carbonyl (C=O) groups excluding carboxylic acids is 3. The Bertz CT molecular complexity index is 1590. The summed E-state index contributed by atoms with van der Waals surface area (Å²) in [5.74, 6) is -0.418. The van der Waals surface area contributed by atoms with Gasteiger partial charge in [-0.05, 0) is 37.3 Å². The highest BCUT2D eigenvalue weighted by molar-refractivity contribution is 5.99. The lowest BCUT2D eigenvalue weighted by molar-refractivity contribution is 0.0956. The Hall–Kier alpha value is -5.06. The van der Waals surface area contributed by atoms with Gasteiger partial charge in [0.1, 0.15) is 28.8 Å². The number of hydrogen-bond acceptors (Lipinski definition) is 6. The van der Waals surface area contributed by atoms with Crippen LogP contribution in [0.15, 0.2) is 66.9 Å². The molecule has 0 aliphatic heterocycles. The van der Waals surface area contributed by atoms with Crippen LogP contribution in [-0.2, 0) is 5.41 Å². The Morgan fingerprint density at radius 3 is 2.38 bits per heavy atom. The number of ether oxygens (including phenoxy) is 1. The van der Waals surface area contributed by atoms with Crippen LogP contribution in [0.4, 0.5) is 20.7 Å². The van der Waals surface area contributed by atoms with Crippen molar-refractivity contribution in [3.8, 4) is 17.2 Å². The van der Waals surface area contributed by atoms with Crippen molar-refractivity contribution < 1.29 is 23.5 Å². The van der Waals surface area contributed by atoms with Crippen LogP contribution in [0.3, 0.4) is 0 Å². The van der Waals surface area contributed by atoms with E-state index in [0.29, 0.717) is 28.5 Å². The predicted molar refractivity (Wildman–Crippen MR) is 149 cm³/mol. The molecule has 0 aliphatic rings. The fourth-order valence-electron chi connectivity index (χ4n) is 3.68. The Morgan fingerprint density at radius 2 is 1.70 bits per heavy atom. The number of nitrogens with zero attached hydrogens (tertiary/aromatic N) is 3. The Labute approximate surface area is 230 Å². The second-order valence-electron chi connectivity index (χ2n) is 9.96. The van der Waals surface area contributed by atoms with Crippen LogP contribution in [-0.4, -0.2) is 39.5 Å². The first kappa shape index (κ1) is 28.0. The van der Waals surface area contributed by atoms with Crippen molar-refractivity contribution in [3.05, 3.63) is 89.6 Å². The molecule has 0 saturated heterocycles. The lowest BCUT2D eigenvalue weighted by atomic mass is 9.92. The molecule has 0 spiro atoms. The van der Waals surface area contributed by atoms with Crippen LogP contribution < -0.4 is 20.7 Å². The van der Waals surface area contributed by atoms with Gasteiger partial charge in [0.2, 0.25) is 0 Å². The zero-order chi connectivity index (χ0) is 29.0. The minimum atomic E-state index is -0.730. The molecule has 3 N–H and O–H groups in total. The van der Waals surface area contributed by atoms with Gasteiger partial charge in [-0.25, -0.2) is 13.9 Å². The van der Waals surface area contributed by atoms with Gasteiger partial charge in [0.25, 0.3) is 5.91 Å². The number of halogens is 1. The third-order valence-electron chi connectivity index (χ3n) is 5.83. The number of anilines is 2. The molecule has 2 aromatic heterocycles. The molecule has 0 bridgehead atoms. The van der Waals surface area contributed by atoms with E-state index in [0.717, 1.165) is 6.07 Å². The Morgan fingerprint density at radius 1 is 0.950 bits per heavy atom. The molecule has 206 valence electrons. The third kappa shape index (κ3) is 6.49. The Balaban J connectivity index is 1.53. The molecule has 0 saturated carbocycles. The molecule has 11 heteroatoms. The molecule has 0 aliphatic carbocycles. The number of benzene rings is 2. The topological polar surface area (TPSA) is 127 Å². The van der Waals surface area contributed by atoms with Gasteiger partial charge >= 0.3 is 6.03 Å². The van der Waals surface area contributed by atoms with Crippen molar-refractivity contribution in [3.63, 3.8) is 0 Å². The molecule has 2 heterocycles. The smallest absolute Gasteiger partial charge is 0.324 e. The van der Waals surface area contributed by atoms with Crippen molar-refractivity contribution in [2.24, 2.45) is 0 Å². The number of urea groups is 1. The number of nitrogens with one attached hydrogen (secondary N) is 3. The highest BCUT2D eigenvalue weighted by Gasteiger charge is 2.22. The zero-order valence-corrected chi connectivity index (χ0v) is 22.7. The third-order valence-corrected chi connectivity index (χ3v) is 5.83. The van der Waals surface area contributed by atoms with Crippen molar-refractivity contribution in [2.45, 2.75) is 33.1 Å². The normalized spacial score (nSPS) is 11.1. The fraction of sp³-hybridized carbons (Fsp3) is 0.207. The van der Waals surface area contributed by atoms with Gasteiger partial charge in [-0.3, -0.25) is 19.9 Å². The van der Waals surface area contributed by atoms with Crippen LogP contribution in [0, 0.1) is 5.82 Å². The van der Waals surface area contributed by atoms with Gasteiger partial charge in [0.05, 0.1) is 17.1 Å². The zero-order valence-electron chi connectivity index (χ0n) is 22.7. The van der Waals surface area contributed by atoms with Gasteiger partial charge in [0, 0.05) is 42.4 Å². The molecule has 3 amide bonds. The van der Waals surface area contributed by atoms with Crippen molar-refractivity contribution in [2.75, 3.05) is 17.7 Å². The second kappa shape index (κ2) is 11.4. The molecule has 10 nitrogen and oxygen atoms in total. The molecule has 0 unspecified atom stereocenters. The summed E-state index contributed by atoms with van der Waals surface area (Å²) in [4.78, 5) is 40.5. The molecule has 4 rings (SSSR count). The van der Waals surface area contributed by atoms with Crippen LogP contribution in [0.1, 0.15) is 54.2 Å². The molecule has 40 heavy (non-hydrogen) atoms. The van der Waals surface area contributed by atoms with Crippen molar-refractivity contribution >= 4 is 29.2 Å². The lowest BCUT2D eigenvalue weighted by Gasteiger charge is -2.14. The maximum atomic E-state index is 14.9. The summed E-state index contributed by atoms with van der Waals surface area (Å²) in [5, 5.41) is 12.3. The first-order valence-corrected chi connectivity index (χ1v) is 12.4. The number of amides is 3. The predicted octanol–water partition coefficient (Wildman–Crippen LogP) is 5.70. The van der Waals surface area contributed by atoms with E-state index in [2.05, 4.69) is 26.0 Å². The quantitative estimate of drug-likeness (QED) is 0.256. The maximum Gasteiger partial charge on any atom is 0.324 e. The van der Waals surface area contributed by atoms with E-state index in [1.54, 1.807) is 30.3 Å². The van der Waals surface area contributed by atoms with Crippen LogP contribution in [0.25, 0.3) is 5.69 Å². The summed E-state index contributed by atoms with van der Waals surface area (Å²) in [6.45, 7) is 7.43. The van der Waals surface area contributed by atoms with Crippen molar-refractivity contribution in [1.82, 2.24) is 20.1 Å². The standard InChI is InChI=1S/C29H29FN6O4/c1-17(37)18-7-6-8-19(13-18)36-26(16-25(35-36)29(2,3)4)34-28(39)33-23-10-9-20(14-22(23)30)40-21-11-12-32-24(15-21)27(38)31-5/h6-16H,1-5H3,(H,31,38)(H2,33,34,39). The van der Waals surface area contributed by atoms with E-state index < -0.39 is 11.8 Å². The number of ketones is 1. The van der Waals surface area contributed by atoms with E-state index >= 15 is 0 Å². The SMILES string of the molecule is CNC(=O)c1cc(Oc2ccc(NC(=O)Nc3cc(C(C)(C)C)nn3-c3cccc(C(C)=O)c3)c(F)c2)ccn1. The van der Waals surface area contributed by atoms with Crippen molar-refractivity contribution in [1.29, 1.82) is 0 Å². The van der Waals surface area contributed by atoms with E-state index in [-0.39, 0.29) is 34.2 Å². The first-order valence-electron chi connectivity index (χ1n) is 12.4. The highest BCUT2D eigenvalue weighted by atomic mass is 19.1. The summed E-state index contributed by atoms with van der Waals surface area (Å²) in [5.41, 5.74) is 1.54. The monoisotopic (exact) mass is 544 g/mol. The average Bonchev–Trinajstić information content (AvgIpc) is 3.34. The molecule has 0 fully saturated rings. The summed E-state index contributed by atoms with van der Waals surface area (Å²) in [6.07, 6.45) is 1.41. The average molecular weight is 545 g/mol. The van der Waals surface area contributed by atoms with E-state index in [1.807, 2.05) is 20.8 Å². The van der Waals surface area contributed by atoms with Gasteiger partial charge in [0.15, 0.2) is 5.78 Å². The minimum absolute atomic E-state index is 0.0775. The lowest BCUT2D eigenvalue weighted by Crippen LogP contribution is -2.22.